The summed E-state index contributed by atoms with van der Waals surface area (Å²) in [6.45, 7) is 1.07. The zero-order valence-corrected chi connectivity index (χ0v) is 22.0. The second-order valence-electron chi connectivity index (χ2n) is 8.38. The second-order valence-corrected chi connectivity index (χ2v) is 9.17. The Labute approximate surface area is 201 Å². The van der Waals surface area contributed by atoms with Crippen LogP contribution in [0.3, 0.4) is 0 Å². The van der Waals surface area contributed by atoms with Crippen LogP contribution in [0.1, 0.15) is 38.5 Å². The van der Waals surface area contributed by atoms with Crippen LogP contribution >= 0.6 is 15.9 Å². The minimum Gasteiger partial charge on any atom is -1.00 e. The lowest BCUT2D eigenvalue weighted by molar-refractivity contribution is -0.645. The molecule has 164 valence electrons. The van der Waals surface area contributed by atoms with Gasteiger partial charge >= 0.3 is 0 Å². The van der Waals surface area contributed by atoms with Gasteiger partial charge in [0.1, 0.15) is 6.54 Å². The summed E-state index contributed by atoms with van der Waals surface area (Å²) < 4.78 is 2.54. The van der Waals surface area contributed by atoms with Crippen molar-refractivity contribution in [1.82, 2.24) is 0 Å². The van der Waals surface area contributed by atoms with Crippen molar-refractivity contribution in [2.75, 3.05) is 43.3 Å². The number of nitrogens with zero attached hydrogens (tertiary/aromatic N) is 3. The van der Waals surface area contributed by atoms with Crippen molar-refractivity contribution >= 4 is 49.1 Å². The number of alkyl halides is 1. The monoisotopic (exact) mass is 535 g/mol. The molecule has 0 saturated carbocycles. The lowest BCUT2D eigenvalue weighted by Crippen LogP contribution is -3.00. The molecule has 3 aromatic rings. The summed E-state index contributed by atoms with van der Waals surface area (Å²) >= 11 is 3.53. The van der Waals surface area contributed by atoms with Crippen molar-refractivity contribution in [1.29, 1.82) is 0 Å². The Morgan fingerprint density at radius 1 is 0.667 bits per heavy atom. The largest absolute Gasteiger partial charge is 1.00 e. The van der Waals surface area contributed by atoms with E-state index in [2.05, 4.69) is 101 Å². The van der Waals surface area contributed by atoms with Gasteiger partial charge in [-0.3, -0.25) is 0 Å². The van der Waals surface area contributed by atoms with E-state index in [0.717, 1.165) is 11.9 Å². The van der Waals surface area contributed by atoms with Gasteiger partial charge in [0.15, 0.2) is 0 Å². The maximum absolute atomic E-state index is 3.53. The summed E-state index contributed by atoms with van der Waals surface area (Å²) in [7, 11) is 8.46. The second kappa shape index (κ2) is 11.9. The minimum absolute atomic E-state index is 0. The molecular formula is C25H35Br2N3. The maximum atomic E-state index is 3.53. The zero-order valence-electron chi connectivity index (χ0n) is 18.8. The van der Waals surface area contributed by atoms with Crippen molar-refractivity contribution in [2.45, 2.75) is 45.1 Å². The molecule has 1 aromatic heterocycles. The van der Waals surface area contributed by atoms with Crippen molar-refractivity contribution in [2.24, 2.45) is 0 Å². The van der Waals surface area contributed by atoms with Crippen molar-refractivity contribution in [3.63, 3.8) is 0 Å². The lowest BCUT2D eigenvalue weighted by Gasteiger charge is -2.15. The molecule has 1 heterocycles. The average Bonchev–Trinajstić information content (AvgIpc) is 2.71. The van der Waals surface area contributed by atoms with E-state index in [4.69, 9.17) is 0 Å². The van der Waals surface area contributed by atoms with Gasteiger partial charge in [0.25, 0.3) is 0 Å². The van der Waals surface area contributed by atoms with Gasteiger partial charge in [0.2, 0.25) is 11.0 Å². The summed E-state index contributed by atoms with van der Waals surface area (Å²) in [5.41, 5.74) is 5.17. The van der Waals surface area contributed by atoms with Gasteiger partial charge in [-0.25, -0.2) is 0 Å². The fourth-order valence-electron chi connectivity index (χ4n) is 3.94. The van der Waals surface area contributed by atoms with Crippen LogP contribution in [0, 0.1) is 0 Å². The van der Waals surface area contributed by atoms with Crippen molar-refractivity contribution in [3.05, 3.63) is 42.5 Å². The van der Waals surface area contributed by atoms with E-state index in [-0.39, 0.29) is 17.0 Å². The third-order valence-corrected chi connectivity index (χ3v) is 6.28. The van der Waals surface area contributed by atoms with Crippen LogP contribution < -0.4 is 31.3 Å². The Bertz CT molecular complexity index is 888. The van der Waals surface area contributed by atoms with Crippen molar-refractivity contribution in [3.8, 4) is 0 Å². The average molecular weight is 537 g/mol. The van der Waals surface area contributed by atoms with Crippen LogP contribution in [0.2, 0.25) is 0 Å². The molecule has 0 aliphatic heterocycles. The molecule has 0 fully saturated rings. The molecule has 30 heavy (non-hydrogen) atoms. The van der Waals surface area contributed by atoms with Crippen LogP contribution in [0.15, 0.2) is 42.5 Å². The molecule has 0 N–H and O–H groups in total. The van der Waals surface area contributed by atoms with E-state index in [1.165, 1.54) is 71.7 Å². The summed E-state index contributed by atoms with van der Waals surface area (Å²) in [6.07, 6.45) is 7.85. The third kappa shape index (κ3) is 6.10. The van der Waals surface area contributed by atoms with Crippen LogP contribution in [0.5, 0.6) is 0 Å². The third-order valence-electron chi connectivity index (χ3n) is 5.72. The van der Waals surface area contributed by atoms with Gasteiger partial charge in [0.05, 0.1) is 0 Å². The lowest BCUT2D eigenvalue weighted by atomic mass is 10.1. The number of aromatic nitrogens is 1. The normalized spacial score (nSPS) is 11.0. The van der Waals surface area contributed by atoms with Crippen molar-refractivity contribution < 1.29 is 21.5 Å². The number of anilines is 2. The first-order valence-electron chi connectivity index (χ1n) is 10.8. The highest BCUT2D eigenvalue weighted by Gasteiger charge is 2.17. The van der Waals surface area contributed by atoms with E-state index >= 15 is 0 Å². The van der Waals surface area contributed by atoms with E-state index in [9.17, 15) is 0 Å². The van der Waals surface area contributed by atoms with Crippen LogP contribution in [-0.4, -0.2) is 33.5 Å². The standard InChI is InChI=1S/C25H35BrN3.BrH/c1-27(2)22-13-11-20-17-21-12-14-23(28(3)4)19-25(21)29(24(20)18-22)16-10-8-6-5-7-9-15-26;/h11-14,17-19H,5-10,15-16H2,1-4H3;1H/q+1;/p-1. The smallest absolute Gasteiger partial charge is 0.215 e. The number of fused-ring (bicyclic) bond motifs is 2. The highest BCUT2D eigenvalue weighted by molar-refractivity contribution is 9.09. The van der Waals surface area contributed by atoms with Gasteiger partial charge in [-0.1, -0.05) is 35.2 Å². The fraction of sp³-hybridized carbons (Fsp3) is 0.480. The van der Waals surface area contributed by atoms with E-state index in [0.29, 0.717) is 0 Å². The fourth-order valence-corrected chi connectivity index (χ4v) is 4.34. The molecule has 0 unspecified atom stereocenters. The molecule has 3 nitrogen and oxygen atoms in total. The summed E-state index contributed by atoms with van der Waals surface area (Å²) in [5.74, 6) is 0. The van der Waals surface area contributed by atoms with Crippen LogP contribution in [-0.2, 0) is 6.54 Å². The van der Waals surface area contributed by atoms with E-state index < -0.39 is 0 Å². The number of unbranched alkanes of at least 4 members (excludes halogenated alkanes) is 5. The maximum Gasteiger partial charge on any atom is 0.215 e. The molecule has 2 aromatic carbocycles. The molecular weight excluding hydrogens is 502 g/mol. The first-order valence-corrected chi connectivity index (χ1v) is 11.9. The summed E-state index contributed by atoms with van der Waals surface area (Å²) in [5, 5.41) is 3.77. The molecule has 0 bridgehead atoms. The Balaban J connectivity index is 0.00000320. The summed E-state index contributed by atoms with van der Waals surface area (Å²) in [6, 6.07) is 16.0. The highest BCUT2D eigenvalue weighted by Crippen LogP contribution is 2.25. The van der Waals surface area contributed by atoms with Gasteiger partial charge < -0.3 is 26.8 Å². The predicted octanol–water partition coefficient (Wildman–Crippen LogP) is 3.15. The molecule has 0 spiro atoms. The number of benzene rings is 2. The Morgan fingerprint density at radius 3 is 1.60 bits per heavy atom. The zero-order chi connectivity index (χ0) is 20.8. The molecule has 0 aliphatic carbocycles. The van der Waals surface area contributed by atoms with E-state index in [1.807, 2.05) is 0 Å². The molecule has 0 atom stereocenters. The molecule has 0 aliphatic rings. The number of aryl methyl sites for hydroxylation is 1. The summed E-state index contributed by atoms with van der Waals surface area (Å²) in [4.78, 5) is 4.38. The Kier molecular flexibility index (Phi) is 9.89. The quantitative estimate of drug-likeness (QED) is 0.170. The van der Waals surface area contributed by atoms with Gasteiger partial charge in [0, 0.05) is 74.2 Å². The molecule has 5 heteroatoms. The molecule has 0 saturated heterocycles. The minimum atomic E-state index is 0. The van der Waals surface area contributed by atoms with Gasteiger partial charge in [-0.15, -0.1) is 0 Å². The number of hydrogen-bond acceptors (Lipinski definition) is 2. The number of hydrogen-bond donors (Lipinski definition) is 0. The van der Waals surface area contributed by atoms with Gasteiger partial charge in [-0.05, 0) is 43.2 Å². The van der Waals surface area contributed by atoms with Crippen LogP contribution in [0.25, 0.3) is 21.8 Å². The molecule has 0 amide bonds. The number of pyridine rings is 1. The number of halogens is 2. The van der Waals surface area contributed by atoms with E-state index in [1.54, 1.807) is 0 Å². The predicted molar refractivity (Wildman–Crippen MR) is 132 cm³/mol. The molecule has 0 radical (unpaired) electrons. The number of rotatable bonds is 10. The highest BCUT2D eigenvalue weighted by atomic mass is 79.9. The Hall–Kier alpha value is -1.33. The molecule has 3 rings (SSSR count). The SMILES string of the molecule is CN(C)c1ccc2cc3ccc(N(C)C)cc3[n+](CCCCCCCCBr)c2c1.[Br-]. The Morgan fingerprint density at radius 2 is 1.13 bits per heavy atom. The first kappa shape index (κ1) is 24.9. The van der Waals surface area contributed by atoms with Gasteiger partial charge in [-0.2, -0.15) is 4.57 Å². The van der Waals surface area contributed by atoms with Crippen LogP contribution in [0.4, 0.5) is 11.4 Å². The first-order chi connectivity index (χ1) is 14.0. The topological polar surface area (TPSA) is 10.4 Å².